The van der Waals surface area contributed by atoms with Gasteiger partial charge in [0.25, 0.3) is 0 Å². The summed E-state index contributed by atoms with van der Waals surface area (Å²) in [6.07, 6.45) is 7.18. The average Bonchev–Trinajstić information content (AvgIpc) is 2.38. The van der Waals surface area contributed by atoms with Crippen molar-refractivity contribution in [2.24, 2.45) is 0 Å². The van der Waals surface area contributed by atoms with E-state index in [1.807, 2.05) is 0 Å². The van der Waals surface area contributed by atoms with Crippen LogP contribution in [0.15, 0.2) is 42.1 Å². The van der Waals surface area contributed by atoms with Crippen LogP contribution in [-0.4, -0.2) is 15.0 Å². The van der Waals surface area contributed by atoms with Crippen molar-refractivity contribution >= 4 is 19.4 Å². The van der Waals surface area contributed by atoms with Crippen LogP contribution in [0.4, 0.5) is 0 Å². The van der Waals surface area contributed by atoms with E-state index in [9.17, 15) is 0 Å². The van der Waals surface area contributed by atoms with E-state index < -0.39 is 0 Å². The molecule has 0 N–H and O–H groups in total. The van der Waals surface area contributed by atoms with E-state index in [1.54, 1.807) is 0 Å². The molecule has 0 saturated carbocycles. The Morgan fingerprint density at radius 1 is 1.18 bits per heavy atom. The minimum atomic E-state index is 0.571. The van der Waals surface area contributed by atoms with Gasteiger partial charge in [0.2, 0.25) is 0 Å². The Bertz CT molecular complexity index is 358. The third-order valence-electron chi connectivity index (χ3n) is 2.45. The van der Waals surface area contributed by atoms with Gasteiger partial charge < -0.3 is 0 Å². The molecule has 0 aliphatic heterocycles. The Hall–Kier alpha value is -0.741. The monoisotopic (exact) mass is 294 g/mol. The zero-order valence-electron chi connectivity index (χ0n) is 10.9. The number of allylic oxidation sites excluding steroid dienone is 1. The first-order valence-corrected chi connectivity index (χ1v) is 8.58. The molecule has 1 aromatic rings. The van der Waals surface area contributed by atoms with E-state index >= 15 is 0 Å². The van der Waals surface area contributed by atoms with Crippen molar-refractivity contribution in [1.29, 1.82) is 0 Å². The molecule has 0 atom stereocenters. The first-order valence-electron chi connectivity index (χ1n) is 6.51. The molecule has 0 aliphatic carbocycles. The van der Waals surface area contributed by atoms with Crippen LogP contribution in [-0.2, 0) is 0 Å². The van der Waals surface area contributed by atoms with E-state index in [1.165, 1.54) is 34.6 Å². The molecule has 0 spiro atoms. The molecular weight excluding hydrogens is 271 g/mol. The molecule has 0 unspecified atom stereocenters. The van der Waals surface area contributed by atoms with Gasteiger partial charge in [0.05, 0.1) is 0 Å². The van der Waals surface area contributed by atoms with Gasteiger partial charge in [0, 0.05) is 0 Å². The summed E-state index contributed by atoms with van der Waals surface area (Å²) in [4.78, 5) is 0. The Labute approximate surface area is 112 Å². The third-order valence-corrected chi connectivity index (χ3v) is 4.83. The first-order chi connectivity index (χ1) is 8.38. The second kappa shape index (κ2) is 9.31. The van der Waals surface area contributed by atoms with Gasteiger partial charge in [-0.2, -0.15) is 0 Å². The van der Waals surface area contributed by atoms with Crippen molar-refractivity contribution in [1.82, 2.24) is 0 Å². The molecule has 0 amide bonds. The minimum absolute atomic E-state index is 0.571. The van der Waals surface area contributed by atoms with Crippen LogP contribution < -0.4 is 0 Å². The molecule has 0 fully saturated rings. The van der Waals surface area contributed by atoms with Gasteiger partial charge in [0.15, 0.2) is 0 Å². The van der Waals surface area contributed by atoms with Gasteiger partial charge >= 0.3 is 112 Å². The number of benzene rings is 1. The van der Waals surface area contributed by atoms with Gasteiger partial charge in [-0.05, 0) is 0 Å². The quantitative estimate of drug-likeness (QED) is 0.381. The van der Waals surface area contributed by atoms with Gasteiger partial charge in [-0.3, -0.25) is 0 Å². The third kappa shape index (κ3) is 5.94. The van der Waals surface area contributed by atoms with Gasteiger partial charge in [0.1, 0.15) is 0 Å². The molecule has 0 radical (unpaired) electrons. The SMILES string of the molecule is CCCC=C=C([Se]CCCC)c1ccccc1. The fourth-order valence-electron chi connectivity index (χ4n) is 1.43. The molecule has 1 heteroatoms. The zero-order valence-corrected chi connectivity index (χ0v) is 12.6. The Kier molecular flexibility index (Phi) is 7.84. The van der Waals surface area contributed by atoms with Crippen molar-refractivity contribution < 1.29 is 0 Å². The number of rotatable bonds is 7. The number of hydrogen-bond acceptors (Lipinski definition) is 0. The molecule has 0 nitrogen and oxygen atoms in total. The molecule has 0 heterocycles. The average molecular weight is 293 g/mol. The summed E-state index contributed by atoms with van der Waals surface area (Å²) in [5.74, 6) is 0. The van der Waals surface area contributed by atoms with Crippen LogP contribution in [0.3, 0.4) is 0 Å². The Morgan fingerprint density at radius 3 is 2.59 bits per heavy atom. The summed E-state index contributed by atoms with van der Waals surface area (Å²) < 4.78 is 1.43. The van der Waals surface area contributed by atoms with Crippen LogP contribution in [0.5, 0.6) is 0 Å². The van der Waals surface area contributed by atoms with E-state index in [4.69, 9.17) is 0 Å². The predicted molar refractivity (Wildman–Crippen MR) is 78.3 cm³/mol. The summed E-state index contributed by atoms with van der Waals surface area (Å²) in [5.41, 5.74) is 4.87. The van der Waals surface area contributed by atoms with Crippen molar-refractivity contribution in [3.8, 4) is 0 Å². The maximum atomic E-state index is 3.52. The molecule has 0 saturated heterocycles. The second-order valence-corrected chi connectivity index (χ2v) is 6.35. The van der Waals surface area contributed by atoms with Gasteiger partial charge in [-0.1, -0.05) is 0 Å². The van der Waals surface area contributed by atoms with Crippen LogP contribution in [0.25, 0.3) is 4.47 Å². The normalized spacial score (nSPS) is 9.76. The van der Waals surface area contributed by atoms with E-state index in [0.29, 0.717) is 15.0 Å². The summed E-state index contributed by atoms with van der Waals surface area (Å²) >= 11 is 0.571. The molecular formula is C16H22Se. The van der Waals surface area contributed by atoms with Crippen LogP contribution in [0.1, 0.15) is 45.1 Å². The zero-order chi connectivity index (χ0) is 12.3. The Morgan fingerprint density at radius 2 is 1.94 bits per heavy atom. The summed E-state index contributed by atoms with van der Waals surface area (Å²) in [5, 5.41) is 1.33. The molecule has 92 valence electrons. The summed E-state index contributed by atoms with van der Waals surface area (Å²) in [6.45, 7) is 4.47. The van der Waals surface area contributed by atoms with E-state index in [0.717, 1.165) is 6.42 Å². The first kappa shape index (κ1) is 14.3. The van der Waals surface area contributed by atoms with Crippen LogP contribution >= 0.6 is 0 Å². The fraction of sp³-hybridized carbons (Fsp3) is 0.438. The van der Waals surface area contributed by atoms with Crippen LogP contribution in [0, 0.1) is 0 Å². The van der Waals surface area contributed by atoms with Crippen molar-refractivity contribution in [3.63, 3.8) is 0 Å². The summed E-state index contributed by atoms with van der Waals surface area (Å²) in [7, 11) is 0. The number of unbranched alkanes of at least 4 members (excludes halogenated alkanes) is 2. The molecule has 17 heavy (non-hydrogen) atoms. The van der Waals surface area contributed by atoms with E-state index in [2.05, 4.69) is 56.0 Å². The van der Waals surface area contributed by atoms with Crippen molar-refractivity contribution in [2.75, 3.05) is 0 Å². The molecule has 1 rings (SSSR count). The number of hydrogen-bond donors (Lipinski definition) is 0. The van der Waals surface area contributed by atoms with Crippen molar-refractivity contribution in [2.45, 2.75) is 44.9 Å². The van der Waals surface area contributed by atoms with Gasteiger partial charge in [-0.25, -0.2) is 0 Å². The molecule has 0 aliphatic rings. The standard InChI is InChI=1S/C16H22Se/c1-3-5-8-13-16(17-14-6-4-2)15-11-9-7-10-12-15/h7-12H,3-6,14H2,1-2H3. The molecule has 0 bridgehead atoms. The molecule has 0 aromatic heterocycles. The van der Waals surface area contributed by atoms with Gasteiger partial charge in [-0.15, -0.1) is 0 Å². The Balaban J connectivity index is 2.76. The summed E-state index contributed by atoms with van der Waals surface area (Å²) in [6, 6.07) is 10.7. The van der Waals surface area contributed by atoms with Crippen molar-refractivity contribution in [3.05, 3.63) is 47.7 Å². The fourth-order valence-corrected chi connectivity index (χ4v) is 3.75. The topological polar surface area (TPSA) is 0 Å². The van der Waals surface area contributed by atoms with Crippen LogP contribution in [0.2, 0.25) is 5.32 Å². The predicted octanol–water partition coefficient (Wildman–Crippen LogP) is 4.91. The van der Waals surface area contributed by atoms with E-state index in [-0.39, 0.29) is 0 Å². The molecule has 1 aromatic carbocycles. The maximum absolute atomic E-state index is 3.52. The second-order valence-electron chi connectivity index (χ2n) is 4.03.